The predicted octanol–water partition coefficient (Wildman–Crippen LogP) is 0.524. The summed E-state index contributed by atoms with van der Waals surface area (Å²) in [4.78, 5) is 10.7. The van der Waals surface area contributed by atoms with Gasteiger partial charge < -0.3 is 21.1 Å². The van der Waals surface area contributed by atoms with Gasteiger partial charge in [-0.2, -0.15) is 0 Å². The third kappa shape index (κ3) is 3.34. The molecule has 0 aliphatic rings. The molecular weight excluding hydrogens is 243 g/mol. The summed E-state index contributed by atoms with van der Waals surface area (Å²) in [6.45, 7) is 0. The van der Waals surface area contributed by atoms with Crippen molar-refractivity contribution >= 4 is 24.3 Å². The van der Waals surface area contributed by atoms with E-state index < -0.39 is 13.1 Å². The van der Waals surface area contributed by atoms with Crippen LogP contribution in [0.2, 0.25) is 0 Å². The Morgan fingerprint density at radius 1 is 1.05 bits per heavy atom. The van der Waals surface area contributed by atoms with E-state index in [2.05, 4.69) is 5.32 Å². The van der Waals surface area contributed by atoms with Crippen LogP contribution in [0, 0.1) is 0 Å². The number of urea groups is 1. The number of hydrogen-bond acceptors (Lipinski definition) is 3. The first-order chi connectivity index (χ1) is 9.06. The lowest BCUT2D eigenvalue weighted by Crippen LogP contribution is -2.29. The summed E-state index contributed by atoms with van der Waals surface area (Å²) in [7, 11) is -1.49. The topological polar surface area (TPSA) is 95.6 Å². The lowest BCUT2D eigenvalue weighted by atomic mass is 9.79. The van der Waals surface area contributed by atoms with Gasteiger partial charge in [-0.3, -0.25) is 0 Å². The summed E-state index contributed by atoms with van der Waals surface area (Å²) >= 11 is 0. The van der Waals surface area contributed by atoms with Gasteiger partial charge in [-0.15, -0.1) is 0 Å². The van der Waals surface area contributed by atoms with E-state index in [0.29, 0.717) is 11.2 Å². The van der Waals surface area contributed by atoms with Gasteiger partial charge in [-0.25, -0.2) is 4.79 Å². The molecule has 6 heteroatoms. The molecule has 5 N–H and O–H groups in total. The minimum Gasteiger partial charge on any atom is -0.423 e. The van der Waals surface area contributed by atoms with Crippen molar-refractivity contribution in [2.45, 2.75) is 0 Å². The zero-order valence-corrected chi connectivity index (χ0v) is 10.1. The van der Waals surface area contributed by atoms with Crippen LogP contribution in [-0.4, -0.2) is 23.2 Å². The number of nitrogens with one attached hydrogen (secondary N) is 1. The molecule has 0 unspecified atom stereocenters. The third-order valence-electron chi connectivity index (χ3n) is 2.67. The number of carbonyl (C=O) groups excluding carboxylic acids is 1. The molecule has 0 heterocycles. The highest BCUT2D eigenvalue weighted by atomic mass is 16.4. The van der Waals surface area contributed by atoms with Crippen LogP contribution in [0.1, 0.15) is 0 Å². The molecule has 2 amide bonds. The van der Waals surface area contributed by atoms with Gasteiger partial charge in [0.15, 0.2) is 0 Å². The fourth-order valence-electron chi connectivity index (χ4n) is 1.77. The SMILES string of the molecule is NC(=O)Nc1ccc(-c2cccc(B(O)O)c2)cc1. The van der Waals surface area contributed by atoms with Crippen molar-refractivity contribution in [3.05, 3.63) is 48.5 Å². The molecule has 0 aliphatic carbocycles. The smallest absolute Gasteiger partial charge is 0.423 e. The lowest BCUT2D eigenvalue weighted by Gasteiger charge is -2.06. The first-order valence-electron chi connectivity index (χ1n) is 5.69. The predicted molar refractivity (Wildman–Crippen MR) is 74.9 cm³/mol. The second kappa shape index (κ2) is 5.56. The summed E-state index contributed by atoms with van der Waals surface area (Å²) in [6, 6.07) is 13.4. The highest BCUT2D eigenvalue weighted by Gasteiger charge is 2.11. The van der Waals surface area contributed by atoms with Gasteiger partial charge in [0.05, 0.1) is 0 Å². The Labute approximate surface area is 110 Å². The van der Waals surface area contributed by atoms with Gasteiger partial charge in [0, 0.05) is 5.69 Å². The number of hydrogen-bond donors (Lipinski definition) is 4. The van der Waals surface area contributed by atoms with Crippen molar-refractivity contribution in [3.63, 3.8) is 0 Å². The first-order valence-corrected chi connectivity index (χ1v) is 5.69. The van der Waals surface area contributed by atoms with Gasteiger partial charge in [-0.1, -0.05) is 36.4 Å². The third-order valence-corrected chi connectivity index (χ3v) is 2.67. The molecule has 96 valence electrons. The second-order valence-corrected chi connectivity index (χ2v) is 4.07. The van der Waals surface area contributed by atoms with E-state index in [9.17, 15) is 4.79 Å². The monoisotopic (exact) mass is 256 g/mol. The number of anilines is 1. The van der Waals surface area contributed by atoms with Crippen molar-refractivity contribution < 1.29 is 14.8 Å². The summed E-state index contributed by atoms with van der Waals surface area (Å²) in [5, 5.41) is 20.7. The number of primary amides is 1. The fourth-order valence-corrected chi connectivity index (χ4v) is 1.77. The Balaban J connectivity index is 2.26. The average Bonchev–Trinajstić information content (AvgIpc) is 2.39. The number of nitrogens with two attached hydrogens (primary N) is 1. The maximum atomic E-state index is 10.7. The van der Waals surface area contributed by atoms with Crippen LogP contribution in [0.25, 0.3) is 11.1 Å². The van der Waals surface area contributed by atoms with E-state index in [1.807, 2.05) is 18.2 Å². The standard InChI is InChI=1S/C13H13BN2O3/c15-13(17)16-12-6-4-9(5-7-12)10-2-1-3-11(8-10)14(18)19/h1-8,18-19H,(H3,15,16,17). The molecule has 0 aliphatic heterocycles. The van der Waals surface area contributed by atoms with Crippen LogP contribution >= 0.6 is 0 Å². The lowest BCUT2D eigenvalue weighted by molar-refractivity contribution is 0.259. The Kier molecular flexibility index (Phi) is 3.84. The molecule has 2 rings (SSSR count). The van der Waals surface area contributed by atoms with E-state index in [1.54, 1.807) is 30.3 Å². The highest BCUT2D eigenvalue weighted by Crippen LogP contribution is 2.20. The summed E-state index contributed by atoms with van der Waals surface area (Å²) in [5.74, 6) is 0. The zero-order valence-electron chi connectivity index (χ0n) is 10.1. The minimum absolute atomic E-state index is 0.428. The fraction of sp³-hybridized carbons (Fsp3) is 0. The van der Waals surface area contributed by atoms with E-state index in [0.717, 1.165) is 11.1 Å². The molecule has 2 aromatic rings. The van der Waals surface area contributed by atoms with Gasteiger partial charge in [0.25, 0.3) is 0 Å². The zero-order chi connectivity index (χ0) is 13.8. The van der Waals surface area contributed by atoms with Gasteiger partial charge in [-0.05, 0) is 28.7 Å². The van der Waals surface area contributed by atoms with E-state index in [-0.39, 0.29) is 0 Å². The molecule has 0 saturated carbocycles. The first kappa shape index (κ1) is 13.1. The molecule has 2 aromatic carbocycles. The number of benzene rings is 2. The molecule has 0 saturated heterocycles. The number of amides is 2. The van der Waals surface area contributed by atoms with Gasteiger partial charge >= 0.3 is 13.1 Å². The van der Waals surface area contributed by atoms with Crippen LogP contribution in [0.4, 0.5) is 10.5 Å². The van der Waals surface area contributed by atoms with Gasteiger partial charge in [0.1, 0.15) is 0 Å². The van der Waals surface area contributed by atoms with Crippen molar-refractivity contribution in [3.8, 4) is 11.1 Å². The molecular formula is C13H13BN2O3. The number of rotatable bonds is 3. The van der Waals surface area contributed by atoms with E-state index >= 15 is 0 Å². The Morgan fingerprint density at radius 3 is 2.32 bits per heavy atom. The summed E-state index contributed by atoms with van der Waals surface area (Å²) in [5.41, 5.74) is 7.81. The molecule has 0 radical (unpaired) electrons. The van der Waals surface area contributed by atoms with E-state index in [1.165, 1.54) is 0 Å². The van der Waals surface area contributed by atoms with Crippen LogP contribution in [0.5, 0.6) is 0 Å². The molecule has 0 fully saturated rings. The molecule has 0 aromatic heterocycles. The van der Waals surface area contributed by atoms with Crippen molar-refractivity contribution in [2.24, 2.45) is 5.73 Å². The summed E-state index contributed by atoms with van der Waals surface area (Å²) in [6.07, 6.45) is 0. The Bertz CT molecular complexity index is 585. The summed E-state index contributed by atoms with van der Waals surface area (Å²) < 4.78 is 0. The molecule has 0 bridgehead atoms. The van der Waals surface area contributed by atoms with Crippen LogP contribution in [0.3, 0.4) is 0 Å². The quantitative estimate of drug-likeness (QED) is 0.603. The van der Waals surface area contributed by atoms with Crippen molar-refractivity contribution in [1.82, 2.24) is 0 Å². The largest absolute Gasteiger partial charge is 0.488 e. The number of carbonyl (C=O) groups is 1. The van der Waals surface area contributed by atoms with E-state index in [4.69, 9.17) is 15.8 Å². The average molecular weight is 256 g/mol. The highest BCUT2D eigenvalue weighted by molar-refractivity contribution is 6.58. The molecule has 0 spiro atoms. The van der Waals surface area contributed by atoms with Crippen molar-refractivity contribution in [2.75, 3.05) is 5.32 Å². The second-order valence-electron chi connectivity index (χ2n) is 4.07. The maximum absolute atomic E-state index is 10.7. The van der Waals surface area contributed by atoms with Crippen LogP contribution in [0.15, 0.2) is 48.5 Å². The molecule has 19 heavy (non-hydrogen) atoms. The molecule has 0 atom stereocenters. The Morgan fingerprint density at radius 2 is 1.74 bits per heavy atom. The van der Waals surface area contributed by atoms with Crippen LogP contribution in [-0.2, 0) is 0 Å². The van der Waals surface area contributed by atoms with Gasteiger partial charge in [0.2, 0.25) is 0 Å². The maximum Gasteiger partial charge on any atom is 0.488 e. The Hall–Kier alpha value is -2.31. The van der Waals surface area contributed by atoms with Crippen LogP contribution < -0.4 is 16.5 Å². The van der Waals surface area contributed by atoms with Crippen molar-refractivity contribution in [1.29, 1.82) is 0 Å². The normalized spacial score (nSPS) is 10.0. The molecule has 5 nitrogen and oxygen atoms in total. The minimum atomic E-state index is -1.49.